The van der Waals surface area contributed by atoms with Crippen molar-refractivity contribution in [2.75, 3.05) is 0 Å². The van der Waals surface area contributed by atoms with Gasteiger partial charge in [-0.25, -0.2) is 0 Å². The third kappa shape index (κ3) is 3.94. The van der Waals surface area contributed by atoms with Crippen LogP contribution in [0.2, 0.25) is 0 Å². The highest BCUT2D eigenvalue weighted by atomic mass is 16.1. The minimum Gasteiger partial charge on any atom is -0.298 e. The zero-order valence-electron chi connectivity index (χ0n) is 14.1. The summed E-state index contributed by atoms with van der Waals surface area (Å²) < 4.78 is 0. The maximum absolute atomic E-state index is 10.8. The molecule has 1 aromatic carbocycles. The molecule has 0 saturated carbocycles. The summed E-state index contributed by atoms with van der Waals surface area (Å²) in [5.74, 6) is 0.870. The van der Waals surface area contributed by atoms with E-state index in [1.54, 1.807) is 0 Å². The first-order valence-corrected chi connectivity index (χ1v) is 7.61. The van der Waals surface area contributed by atoms with Gasteiger partial charge in [-0.2, -0.15) is 5.26 Å². The molecule has 1 unspecified atom stereocenters. The van der Waals surface area contributed by atoms with Crippen LogP contribution in [0.1, 0.15) is 69.8 Å². The predicted molar refractivity (Wildman–Crippen MR) is 87.2 cm³/mol. The van der Waals surface area contributed by atoms with E-state index in [9.17, 15) is 10.1 Å². The number of carbonyl (C=O) groups is 1. The van der Waals surface area contributed by atoms with Crippen LogP contribution in [0, 0.1) is 28.1 Å². The number of carbonyl (C=O) groups excluding carboxylic acids is 1. The summed E-state index contributed by atoms with van der Waals surface area (Å²) in [6, 6.07) is 10.3. The van der Waals surface area contributed by atoms with E-state index in [1.165, 1.54) is 5.56 Å². The van der Waals surface area contributed by atoms with Crippen LogP contribution in [0.15, 0.2) is 24.3 Å². The van der Waals surface area contributed by atoms with Crippen molar-refractivity contribution in [1.82, 2.24) is 0 Å². The third-order valence-corrected chi connectivity index (χ3v) is 5.01. The molecule has 0 fully saturated rings. The lowest BCUT2D eigenvalue weighted by Crippen LogP contribution is -2.33. The molecule has 1 atom stereocenters. The molecular weight excluding hydrogens is 258 g/mol. The van der Waals surface area contributed by atoms with E-state index in [-0.39, 0.29) is 10.8 Å². The number of hydrogen-bond donors (Lipinski definition) is 0. The first-order chi connectivity index (χ1) is 9.64. The molecule has 1 rings (SSSR count). The predicted octanol–water partition coefficient (Wildman–Crippen LogP) is 5.20. The second kappa shape index (κ2) is 6.43. The fourth-order valence-corrected chi connectivity index (χ4v) is 2.52. The van der Waals surface area contributed by atoms with Gasteiger partial charge in [0.1, 0.15) is 6.29 Å². The number of hydrogen-bond acceptors (Lipinski definition) is 2. The monoisotopic (exact) mass is 285 g/mol. The van der Waals surface area contributed by atoms with Gasteiger partial charge in [-0.05, 0) is 43.1 Å². The Morgan fingerprint density at radius 1 is 1.14 bits per heavy atom. The fraction of sp³-hybridized carbons (Fsp3) is 0.579. The Bertz CT molecular complexity index is 517. The largest absolute Gasteiger partial charge is 0.298 e. The summed E-state index contributed by atoms with van der Waals surface area (Å²) in [5.41, 5.74) is 1.50. The van der Waals surface area contributed by atoms with Gasteiger partial charge in [0.25, 0.3) is 0 Å². The summed E-state index contributed by atoms with van der Waals surface area (Å²) >= 11 is 0. The zero-order valence-corrected chi connectivity index (χ0v) is 14.1. The molecule has 0 amide bonds. The van der Waals surface area contributed by atoms with Crippen molar-refractivity contribution in [1.29, 1.82) is 5.26 Å². The van der Waals surface area contributed by atoms with Crippen LogP contribution in [0.3, 0.4) is 0 Å². The molecule has 0 aliphatic heterocycles. The Balaban J connectivity index is 3.08. The number of rotatable bonds is 6. The molecule has 0 aliphatic rings. The molecule has 1 aromatic rings. The summed E-state index contributed by atoms with van der Waals surface area (Å²) in [6.07, 6.45) is 1.82. The minimum atomic E-state index is -0.372. The van der Waals surface area contributed by atoms with Gasteiger partial charge in [-0.15, -0.1) is 0 Å². The molecule has 0 N–H and O–H groups in total. The van der Waals surface area contributed by atoms with Gasteiger partial charge in [-0.1, -0.05) is 52.0 Å². The third-order valence-electron chi connectivity index (χ3n) is 5.01. The normalized spacial score (nSPS) is 13.8. The second-order valence-electron chi connectivity index (χ2n) is 7.46. The molecule has 0 bridgehead atoms. The van der Waals surface area contributed by atoms with Crippen molar-refractivity contribution in [3.05, 3.63) is 35.4 Å². The van der Waals surface area contributed by atoms with Crippen LogP contribution in [-0.2, 0) is 0 Å². The first kappa shape index (κ1) is 17.4. The van der Waals surface area contributed by atoms with Gasteiger partial charge in [0, 0.05) is 5.56 Å². The number of nitrogens with zero attached hydrogens (tertiary/aromatic N) is 1. The van der Waals surface area contributed by atoms with Crippen LogP contribution < -0.4 is 0 Å². The Morgan fingerprint density at radius 2 is 1.67 bits per heavy atom. The molecule has 0 saturated heterocycles. The fourth-order valence-electron chi connectivity index (χ4n) is 2.52. The van der Waals surface area contributed by atoms with Crippen molar-refractivity contribution >= 4 is 6.29 Å². The van der Waals surface area contributed by atoms with Gasteiger partial charge >= 0.3 is 0 Å². The average Bonchev–Trinajstić information content (AvgIpc) is 2.44. The maximum atomic E-state index is 10.8. The van der Waals surface area contributed by atoms with E-state index < -0.39 is 0 Å². The Kier molecular flexibility index (Phi) is 5.34. The molecule has 21 heavy (non-hydrogen) atoms. The van der Waals surface area contributed by atoms with E-state index in [0.29, 0.717) is 17.4 Å². The Labute approximate surface area is 129 Å². The van der Waals surface area contributed by atoms with Crippen LogP contribution in [0.25, 0.3) is 0 Å². The lowest BCUT2D eigenvalue weighted by atomic mass is 9.62. The topological polar surface area (TPSA) is 40.9 Å². The smallest absolute Gasteiger partial charge is 0.150 e. The van der Waals surface area contributed by atoms with E-state index in [0.717, 1.165) is 12.7 Å². The van der Waals surface area contributed by atoms with Crippen molar-refractivity contribution in [3.63, 3.8) is 0 Å². The molecule has 0 spiro atoms. The van der Waals surface area contributed by atoms with Crippen LogP contribution in [0.5, 0.6) is 0 Å². The van der Waals surface area contributed by atoms with Crippen molar-refractivity contribution in [2.24, 2.45) is 16.7 Å². The average molecular weight is 285 g/mol. The summed E-state index contributed by atoms with van der Waals surface area (Å²) in [4.78, 5) is 10.8. The Hall–Kier alpha value is -1.62. The molecule has 0 radical (unpaired) electrons. The lowest BCUT2D eigenvalue weighted by molar-refractivity contribution is 0.112. The lowest BCUT2D eigenvalue weighted by Gasteiger charge is -2.40. The zero-order chi connectivity index (χ0) is 16.3. The van der Waals surface area contributed by atoms with Gasteiger partial charge in [0.05, 0.1) is 11.5 Å². The van der Waals surface area contributed by atoms with Crippen molar-refractivity contribution < 1.29 is 4.79 Å². The summed E-state index contributed by atoms with van der Waals surface area (Å²) in [5, 5.41) is 9.43. The van der Waals surface area contributed by atoms with E-state index in [4.69, 9.17) is 0 Å². The molecule has 2 heteroatoms. The van der Waals surface area contributed by atoms with Crippen LogP contribution in [-0.4, -0.2) is 6.29 Å². The summed E-state index contributed by atoms with van der Waals surface area (Å²) in [7, 11) is 0. The Morgan fingerprint density at radius 3 is 2.05 bits per heavy atom. The van der Waals surface area contributed by atoms with Crippen molar-refractivity contribution in [3.8, 4) is 6.07 Å². The van der Waals surface area contributed by atoms with Gasteiger partial charge in [0.15, 0.2) is 0 Å². The second-order valence-corrected chi connectivity index (χ2v) is 7.46. The van der Waals surface area contributed by atoms with Gasteiger partial charge in [0.2, 0.25) is 0 Å². The molecule has 114 valence electrons. The van der Waals surface area contributed by atoms with Crippen LogP contribution in [0.4, 0.5) is 0 Å². The highest BCUT2D eigenvalue weighted by molar-refractivity contribution is 5.74. The molecule has 2 nitrogen and oxygen atoms in total. The molecule has 0 aromatic heterocycles. The first-order valence-electron chi connectivity index (χ1n) is 7.61. The van der Waals surface area contributed by atoms with E-state index >= 15 is 0 Å². The van der Waals surface area contributed by atoms with Gasteiger partial charge < -0.3 is 0 Å². The number of aldehydes is 1. The number of benzene rings is 1. The van der Waals surface area contributed by atoms with E-state index in [2.05, 4.69) is 33.8 Å². The van der Waals surface area contributed by atoms with Crippen molar-refractivity contribution in [2.45, 2.75) is 53.9 Å². The highest BCUT2D eigenvalue weighted by Crippen LogP contribution is 2.46. The van der Waals surface area contributed by atoms with Crippen LogP contribution >= 0.6 is 0 Å². The standard InChI is InChI=1S/C19H27NO/c1-14(2)17(11-18(3,4)19(5,6)13-20)16-9-7-15(12-21)8-10-16/h7-10,12,14,17H,11H2,1-6H3. The molecule has 0 heterocycles. The summed E-state index contributed by atoms with van der Waals surface area (Å²) in [6.45, 7) is 12.8. The quantitative estimate of drug-likeness (QED) is 0.674. The highest BCUT2D eigenvalue weighted by Gasteiger charge is 2.39. The number of nitriles is 1. The molecule has 0 aliphatic carbocycles. The van der Waals surface area contributed by atoms with Gasteiger partial charge in [-0.3, -0.25) is 4.79 Å². The minimum absolute atomic E-state index is 0.0833. The molecular formula is C19H27NO. The SMILES string of the molecule is CC(C)C(CC(C)(C)C(C)(C)C#N)c1ccc(C=O)cc1. The maximum Gasteiger partial charge on any atom is 0.150 e. The van der Waals surface area contributed by atoms with E-state index in [1.807, 2.05) is 38.1 Å².